The predicted octanol–water partition coefficient (Wildman–Crippen LogP) is 4.67. The molecule has 1 fully saturated rings. The lowest BCUT2D eigenvalue weighted by molar-refractivity contribution is -0.130. The Kier molecular flexibility index (Phi) is 6.81. The van der Waals surface area contributed by atoms with E-state index in [1.807, 2.05) is 11.0 Å². The molecule has 0 aliphatic carbocycles. The van der Waals surface area contributed by atoms with E-state index in [2.05, 4.69) is 15.9 Å². The Morgan fingerprint density at radius 2 is 1.73 bits per heavy atom. The fourth-order valence-electron chi connectivity index (χ4n) is 3.82. The number of aromatic nitrogens is 1. The second-order valence-corrected chi connectivity index (χ2v) is 12.4. The van der Waals surface area contributed by atoms with Crippen molar-refractivity contribution in [3.63, 3.8) is 0 Å². The largest absolute Gasteiger partial charge is 0.495 e. The van der Waals surface area contributed by atoms with Gasteiger partial charge in [-0.1, -0.05) is 50.7 Å². The summed E-state index contributed by atoms with van der Waals surface area (Å²) < 4.78 is 32.5. The first-order valence-corrected chi connectivity index (χ1v) is 13.2. The highest BCUT2D eigenvalue weighted by atomic mass is 79.9. The lowest BCUT2D eigenvalue weighted by Gasteiger charge is -2.37. The normalized spacial score (nSPS) is 15.2. The third kappa shape index (κ3) is 4.79. The minimum atomic E-state index is -3.86. The van der Waals surface area contributed by atoms with Gasteiger partial charge in [0.25, 0.3) is 19.7 Å². The predicted molar refractivity (Wildman–Crippen MR) is 134 cm³/mol. The van der Waals surface area contributed by atoms with Crippen LogP contribution in [0, 0.1) is 0 Å². The molecule has 4 rings (SSSR count). The molecule has 0 spiro atoms. The van der Waals surface area contributed by atoms with E-state index in [1.54, 1.807) is 30.3 Å². The number of rotatable bonds is 4. The average Bonchev–Trinajstić information content (AvgIpc) is 3.21. The minimum absolute atomic E-state index is 0.124. The molecule has 3 aromatic rings. The monoisotopic (exact) mass is 593 g/mol. The molecule has 0 bridgehead atoms. The fraction of sp³-hybridized carbons (Fsp3) is 0.286. The number of hydrogen-bond acceptors (Lipinski definition) is 5. The molecular weight excluding hydrogens is 577 g/mol. The van der Waals surface area contributed by atoms with Gasteiger partial charge in [0.2, 0.25) is 0 Å². The van der Waals surface area contributed by atoms with E-state index in [1.165, 1.54) is 28.2 Å². The Morgan fingerprint density at radius 1 is 1.03 bits per heavy atom. The van der Waals surface area contributed by atoms with Crippen molar-refractivity contribution in [1.82, 2.24) is 8.87 Å². The molecule has 1 aliphatic heterocycles. The first kappa shape index (κ1) is 24.5. The molecule has 0 unspecified atom stereocenters. The van der Waals surface area contributed by atoms with Gasteiger partial charge in [-0.15, -0.1) is 0 Å². The number of ether oxygens (including phenoxy) is 1. The SMILES string of the molecule is COc1ccc(S(=O)(=O)n2ccc3cc(Br)ccc32)cc1N1CCN(C(=O)C(Cl)(Cl)Cl)CC1. The van der Waals surface area contributed by atoms with Crippen molar-refractivity contribution in [2.45, 2.75) is 8.69 Å². The van der Waals surface area contributed by atoms with Gasteiger partial charge in [0.1, 0.15) is 5.75 Å². The zero-order chi connectivity index (χ0) is 24.0. The molecule has 33 heavy (non-hydrogen) atoms. The van der Waals surface area contributed by atoms with Crippen LogP contribution < -0.4 is 9.64 Å². The summed E-state index contributed by atoms with van der Waals surface area (Å²) >= 11 is 20.6. The summed E-state index contributed by atoms with van der Waals surface area (Å²) in [6, 6.07) is 11.9. The van der Waals surface area contributed by atoms with E-state index in [0.29, 0.717) is 43.1 Å². The van der Waals surface area contributed by atoms with Gasteiger partial charge < -0.3 is 14.5 Å². The van der Waals surface area contributed by atoms with Gasteiger partial charge in [0.05, 0.1) is 23.2 Å². The van der Waals surface area contributed by atoms with Crippen LogP contribution in [0.1, 0.15) is 0 Å². The van der Waals surface area contributed by atoms with Gasteiger partial charge in [-0.2, -0.15) is 0 Å². The van der Waals surface area contributed by atoms with E-state index >= 15 is 0 Å². The van der Waals surface area contributed by atoms with Crippen molar-refractivity contribution in [2.75, 3.05) is 38.2 Å². The molecule has 176 valence electrons. The molecule has 0 saturated carbocycles. The molecule has 0 atom stereocenters. The Hall–Kier alpha value is -1.65. The Bertz CT molecular complexity index is 1320. The molecule has 1 aromatic heterocycles. The number of carbonyl (C=O) groups is 1. The van der Waals surface area contributed by atoms with Crippen LogP contribution in [-0.2, 0) is 14.8 Å². The highest BCUT2D eigenvalue weighted by Gasteiger charge is 2.36. The maximum absolute atomic E-state index is 13.5. The molecule has 12 heteroatoms. The number of hydrogen-bond donors (Lipinski definition) is 0. The van der Waals surface area contributed by atoms with Gasteiger partial charge >= 0.3 is 0 Å². The number of nitrogens with zero attached hydrogens (tertiary/aromatic N) is 3. The summed E-state index contributed by atoms with van der Waals surface area (Å²) in [6.45, 7) is 1.49. The quantitative estimate of drug-likeness (QED) is 0.410. The van der Waals surface area contributed by atoms with Crippen molar-refractivity contribution in [3.8, 4) is 5.75 Å². The third-order valence-electron chi connectivity index (χ3n) is 5.47. The van der Waals surface area contributed by atoms with E-state index in [4.69, 9.17) is 39.5 Å². The molecule has 7 nitrogen and oxygen atoms in total. The minimum Gasteiger partial charge on any atom is -0.495 e. The van der Waals surface area contributed by atoms with Crippen LogP contribution >= 0.6 is 50.7 Å². The first-order chi connectivity index (χ1) is 15.5. The highest BCUT2D eigenvalue weighted by Crippen LogP contribution is 2.34. The maximum atomic E-state index is 13.5. The number of anilines is 1. The van der Waals surface area contributed by atoms with Crippen LogP contribution in [0.4, 0.5) is 5.69 Å². The standard InChI is InChI=1S/C21H19BrCl3N3O4S/c1-32-19-5-3-16(33(30,31)28-7-6-14-12-15(22)2-4-17(14)28)13-18(19)26-8-10-27(11-9-26)20(29)21(23,24)25/h2-7,12-13H,8-11H2,1H3. The number of piperazine rings is 1. The van der Waals surface area contributed by atoms with Gasteiger partial charge in [-0.25, -0.2) is 12.4 Å². The lowest BCUT2D eigenvalue weighted by Crippen LogP contribution is -2.51. The van der Waals surface area contributed by atoms with E-state index < -0.39 is 19.7 Å². The van der Waals surface area contributed by atoms with Gasteiger partial charge in [0.15, 0.2) is 0 Å². The number of amides is 1. The lowest BCUT2D eigenvalue weighted by atomic mass is 10.2. The second kappa shape index (κ2) is 9.19. The Morgan fingerprint density at radius 3 is 2.36 bits per heavy atom. The van der Waals surface area contributed by atoms with Crippen LogP contribution in [0.5, 0.6) is 5.75 Å². The van der Waals surface area contributed by atoms with Crippen LogP contribution in [-0.4, -0.2) is 60.3 Å². The number of methoxy groups -OCH3 is 1. The summed E-state index contributed by atoms with van der Waals surface area (Å²) in [5.74, 6) is -0.0574. The van der Waals surface area contributed by atoms with Crippen molar-refractivity contribution in [3.05, 3.63) is 53.1 Å². The van der Waals surface area contributed by atoms with Crippen LogP contribution in [0.2, 0.25) is 0 Å². The highest BCUT2D eigenvalue weighted by molar-refractivity contribution is 9.10. The van der Waals surface area contributed by atoms with E-state index in [-0.39, 0.29) is 4.90 Å². The average molecular weight is 596 g/mol. The molecule has 2 aromatic carbocycles. The van der Waals surface area contributed by atoms with Gasteiger partial charge in [-0.3, -0.25) is 4.79 Å². The summed E-state index contributed by atoms with van der Waals surface area (Å²) in [4.78, 5) is 15.8. The topological polar surface area (TPSA) is 71.9 Å². The Labute approximate surface area is 214 Å². The molecule has 0 radical (unpaired) electrons. The summed E-state index contributed by atoms with van der Waals surface area (Å²) in [6.07, 6.45) is 1.54. The zero-order valence-electron chi connectivity index (χ0n) is 17.3. The van der Waals surface area contributed by atoms with Crippen molar-refractivity contribution in [1.29, 1.82) is 0 Å². The molecule has 2 heterocycles. The molecular formula is C21H19BrCl3N3O4S. The molecule has 1 amide bonds. The summed E-state index contributed by atoms with van der Waals surface area (Å²) in [5, 5.41) is 0.802. The summed E-state index contributed by atoms with van der Waals surface area (Å²) in [7, 11) is -2.34. The van der Waals surface area contributed by atoms with Crippen LogP contribution in [0.15, 0.2) is 58.0 Å². The van der Waals surface area contributed by atoms with Gasteiger partial charge in [0, 0.05) is 42.2 Å². The first-order valence-electron chi connectivity index (χ1n) is 9.83. The zero-order valence-corrected chi connectivity index (χ0v) is 22.0. The van der Waals surface area contributed by atoms with Crippen molar-refractivity contribution in [2.24, 2.45) is 0 Å². The number of alkyl halides is 3. The number of halogens is 4. The van der Waals surface area contributed by atoms with Crippen LogP contribution in [0.25, 0.3) is 10.9 Å². The second-order valence-electron chi connectivity index (χ2n) is 7.43. The van der Waals surface area contributed by atoms with E-state index in [0.717, 1.165) is 9.86 Å². The number of fused-ring (bicyclic) bond motifs is 1. The summed E-state index contributed by atoms with van der Waals surface area (Å²) in [5.41, 5.74) is 1.19. The smallest absolute Gasteiger partial charge is 0.274 e. The maximum Gasteiger partial charge on any atom is 0.274 e. The molecule has 0 N–H and O–H groups in total. The van der Waals surface area contributed by atoms with Crippen molar-refractivity contribution >= 4 is 83.3 Å². The number of carbonyl (C=O) groups excluding carboxylic acids is 1. The van der Waals surface area contributed by atoms with E-state index in [9.17, 15) is 13.2 Å². The third-order valence-corrected chi connectivity index (χ3v) is 8.14. The van der Waals surface area contributed by atoms with Gasteiger partial charge in [-0.05, 0) is 42.5 Å². The molecule has 1 aliphatic rings. The number of benzene rings is 2. The van der Waals surface area contributed by atoms with Crippen molar-refractivity contribution < 1.29 is 17.9 Å². The molecule has 1 saturated heterocycles. The van der Waals surface area contributed by atoms with Crippen LogP contribution in [0.3, 0.4) is 0 Å². The fourth-order valence-corrected chi connectivity index (χ4v) is 5.93. The Balaban J connectivity index is 1.65.